The summed E-state index contributed by atoms with van der Waals surface area (Å²) in [6.45, 7) is 4.86. The Morgan fingerprint density at radius 3 is 2.95 bits per heavy atom. The smallest absolute Gasteiger partial charge is 0.240 e. The molecule has 3 N–H and O–H groups in total. The fourth-order valence-corrected chi connectivity index (χ4v) is 4.20. The molecule has 3 rings (SSSR count). The van der Waals surface area contributed by atoms with Gasteiger partial charge in [-0.2, -0.15) is 11.3 Å². The maximum atomic E-state index is 12.7. The second kappa shape index (κ2) is 6.07. The van der Waals surface area contributed by atoms with Crippen LogP contribution < -0.4 is 11.1 Å². The molecule has 1 aliphatic heterocycles. The molecule has 0 bridgehead atoms. The number of hydrogen-bond donors (Lipinski definition) is 2. The van der Waals surface area contributed by atoms with E-state index in [1.54, 1.807) is 11.3 Å². The van der Waals surface area contributed by atoms with Gasteiger partial charge in [0.15, 0.2) is 0 Å². The molecule has 1 saturated carbocycles. The summed E-state index contributed by atoms with van der Waals surface area (Å²) in [6, 6.07) is 2.15. The van der Waals surface area contributed by atoms with E-state index in [0.717, 1.165) is 26.1 Å². The predicted octanol–water partition coefficient (Wildman–Crippen LogP) is 1.96. The van der Waals surface area contributed by atoms with E-state index in [4.69, 9.17) is 5.73 Å². The van der Waals surface area contributed by atoms with Crippen LogP contribution in [-0.4, -0.2) is 36.0 Å². The minimum absolute atomic E-state index is 0.129. The van der Waals surface area contributed by atoms with E-state index in [1.807, 2.05) is 6.92 Å². The molecule has 5 heteroatoms. The third-order valence-corrected chi connectivity index (χ3v) is 5.83. The lowest BCUT2D eigenvalue weighted by molar-refractivity contribution is -0.134. The van der Waals surface area contributed by atoms with Gasteiger partial charge in [-0.05, 0) is 66.6 Å². The van der Waals surface area contributed by atoms with Crippen LogP contribution >= 0.6 is 11.3 Å². The Bertz CT molecular complexity index is 482. The number of thiophene rings is 1. The van der Waals surface area contributed by atoms with Crippen LogP contribution in [-0.2, 0) is 11.3 Å². The molecule has 1 unspecified atom stereocenters. The molecule has 21 heavy (non-hydrogen) atoms. The molecule has 2 aliphatic rings. The van der Waals surface area contributed by atoms with Gasteiger partial charge in [0.05, 0.1) is 6.04 Å². The molecule has 4 nitrogen and oxygen atoms in total. The van der Waals surface area contributed by atoms with Crippen molar-refractivity contribution < 1.29 is 4.79 Å². The molecule has 2 heterocycles. The maximum absolute atomic E-state index is 12.7. The predicted molar refractivity (Wildman–Crippen MR) is 86.1 cm³/mol. The number of nitrogens with two attached hydrogens (primary N) is 1. The monoisotopic (exact) mass is 307 g/mol. The highest BCUT2D eigenvalue weighted by Gasteiger charge is 2.57. The molecule has 0 aromatic carbocycles. The fraction of sp³-hybridized carbons (Fsp3) is 0.688. The Labute approximate surface area is 130 Å². The standard InChI is InChI=1S/C16H25N3OS/c1-2-13(17)15(20)19(10-12-3-8-21-11-12)14-9-16(14)4-6-18-7-5-16/h3,8,11,13-14,18H,2,4-7,9-10,17H2,1H3/t13-,14?/m0/s1. The van der Waals surface area contributed by atoms with E-state index in [0.29, 0.717) is 17.9 Å². The van der Waals surface area contributed by atoms with Gasteiger partial charge in [-0.15, -0.1) is 0 Å². The van der Waals surface area contributed by atoms with Crippen molar-refractivity contribution in [2.45, 2.75) is 51.2 Å². The summed E-state index contributed by atoms with van der Waals surface area (Å²) < 4.78 is 0. The van der Waals surface area contributed by atoms with E-state index < -0.39 is 0 Å². The fourth-order valence-electron chi connectivity index (χ4n) is 3.54. The molecule has 1 spiro atoms. The van der Waals surface area contributed by atoms with Gasteiger partial charge in [0.1, 0.15) is 0 Å². The molecule has 2 fully saturated rings. The van der Waals surface area contributed by atoms with Crippen LogP contribution in [0.3, 0.4) is 0 Å². The van der Waals surface area contributed by atoms with E-state index in [-0.39, 0.29) is 11.9 Å². The largest absolute Gasteiger partial charge is 0.333 e. The SMILES string of the molecule is CC[C@H](N)C(=O)N(Cc1ccsc1)C1CC12CCNCC2. The number of hydrogen-bond acceptors (Lipinski definition) is 4. The van der Waals surface area contributed by atoms with Crippen LogP contribution in [0.4, 0.5) is 0 Å². The lowest BCUT2D eigenvalue weighted by Gasteiger charge is -2.31. The van der Waals surface area contributed by atoms with Crippen LogP contribution in [0, 0.1) is 5.41 Å². The van der Waals surface area contributed by atoms with Crippen LogP contribution in [0.15, 0.2) is 16.8 Å². The topological polar surface area (TPSA) is 58.4 Å². The minimum Gasteiger partial charge on any atom is -0.333 e. The molecule has 0 radical (unpaired) electrons. The number of nitrogens with one attached hydrogen (secondary N) is 1. The zero-order valence-corrected chi connectivity index (χ0v) is 13.5. The highest BCUT2D eigenvalue weighted by Crippen LogP contribution is 2.56. The van der Waals surface area contributed by atoms with E-state index >= 15 is 0 Å². The van der Waals surface area contributed by atoms with Crippen LogP contribution in [0.25, 0.3) is 0 Å². The quantitative estimate of drug-likeness (QED) is 0.874. The van der Waals surface area contributed by atoms with Gasteiger partial charge in [0, 0.05) is 12.6 Å². The van der Waals surface area contributed by atoms with Crippen molar-refractivity contribution >= 4 is 17.2 Å². The molecular weight excluding hydrogens is 282 g/mol. The van der Waals surface area contributed by atoms with Crippen molar-refractivity contribution in [2.75, 3.05) is 13.1 Å². The second-order valence-electron chi connectivity index (χ2n) is 6.44. The van der Waals surface area contributed by atoms with Gasteiger partial charge in [-0.1, -0.05) is 6.92 Å². The molecule has 1 amide bonds. The number of rotatable bonds is 5. The normalized spacial score (nSPS) is 24.8. The van der Waals surface area contributed by atoms with E-state index in [1.165, 1.54) is 18.4 Å². The Morgan fingerprint density at radius 2 is 2.33 bits per heavy atom. The van der Waals surface area contributed by atoms with Crippen LogP contribution in [0.5, 0.6) is 0 Å². The Balaban J connectivity index is 1.75. The van der Waals surface area contributed by atoms with Crippen molar-refractivity contribution in [3.63, 3.8) is 0 Å². The number of amides is 1. The summed E-state index contributed by atoms with van der Waals surface area (Å²) in [5.41, 5.74) is 7.62. The average Bonchev–Trinajstić information content (AvgIpc) is 2.96. The van der Waals surface area contributed by atoms with Crippen molar-refractivity contribution in [3.05, 3.63) is 22.4 Å². The van der Waals surface area contributed by atoms with Gasteiger partial charge < -0.3 is 16.0 Å². The molecular formula is C16H25N3OS. The van der Waals surface area contributed by atoms with Crippen molar-refractivity contribution in [1.29, 1.82) is 0 Å². The first-order valence-electron chi connectivity index (χ1n) is 7.94. The first-order valence-corrected chi connectivity index (χ1v) is 8.88. The molecule has 116 valence electrons. The number of piperidine rings is 1. The summed E-state index contributed by atoms with van der Waals surface area (Å²) in [7, 11) is 0. The van der Waals surface area contributed by atoms with Crippen LogP contribution in [0.1, 0.15) is 38.2 Å². The Morgan fingerprint density at radius 1 is 1.57 bits per heavy atom. The number of carbonyl (C=O) groups excluding carboxylic acids is 1. The average molecular weight is 307 g/mol. The number of carbonyl (C=O) groups is 1. The highest BCUT2D eigenvalue weighted by molar-refractivity contribution is 7.07. The van der Waals surface area contributed by atoms with Crippen LogP contribution in [0.2, 0.25) is 0 Å². The first-order chi connectivity index (χ1) is 10.2. The van der Waals surface area contributed by atoms with Crippen molar-refractivity contribution in [3.8, 4) is 0 Å². The molecule has 2 atom stereocenters. The lowest BCUT2D eigenvalue weighted by Crippen LogP contribution is -2.46. The summed E-state index contributed by atoms with van der Waals surface area (Å²) in [4.78, 5) is 14.8. The molecule has 1 aromatic heterocycles. The summed E-state index contributed by atoms with van der Waals surface area (Å²) in [5.74, 6) is 0.129. The second-order valence-corrected chi connectivity index (χ2v) is 7.22. The van der Waals surface area contributed by atoms with Gasteiger partial charge in [-0.25, -0.2) is 0 Å². The zero-order chi connectivity index (χ0) is 14.9. The van der Waals surface area contributed by atoms with Gasteiger partial charge in [0.25, 0.3) is 0 Å². The van der Waals surface area contributed by atoms with E-state index in [9.17, 15) is 4.79 Å². The van der Waals surface area contributed by atoms with Gasteiger partial charge in [0.2, 0.25) is 5.91 Å². The summed E-state index contributed by atoms with van der Waals surface area (Å²) >= 11 is 1.69. The minimum atomic E-state index is -0.358. The van der Waals surface area contributed by atoms with Gasteiger partial charge in [-0.3, -0.25) is 4.79 Å². The Hall–Kier alpha value is -0.910. The highest BCUT2D eigenvalue weighted by atomic mass is 32.1. The summed E-state index contributed by atoms with van der Waals surface area (Å²) in [6.07, 6.45) is 4.24. The third kappa shape index (κ3) is 3.00. The van der Waals surface area contributed by atoms with Gasteiger partial charge >= 0.3 is 0 Å². The molecule has 1 aromatic rings. The molecule has 1 saturated heterocycles. The zero-order valence-electron chi connectivity index (χ0n) is 12.7. The first kappa shape index (κ1) is 15.0. The summed E-state index contributed by atoms with van der Waals surface area (Å²) in [5, 5.41) is 7.63. The van der Waals surface area contributed by atoms with Crippen molar-refractivity contribution in [1.82, 2.24) is 10.2 Å². The maximum Gasteiger partial charge on any atom is 0.240 e. The molecule has 1 aliphatic carbocycles. The van der Waals surface area contributed by atoms with E-state index in [2.05, 4.69) is 27.0 Å². The third-order valence-electron chi connectivity index (χ3n) is 5.10. The number of nitrogens with zero attached hydrogens (tertiary/aromatic N) is 1. The lowest BCUT2D eigenvalue weighted by atomic mass is 9.93. The van der Waals surface area contributed by atoms with Crippen molar-refractivity contribution in [2.24, 2.45) is 11.1 Å². The Kier molecular flexibility index (Phi) is 4.33.